The Labute approximate surface area is 82.2 Å². The Hall–Kier alpha value is -1.06. The van der Waals surface area contributed by atoms with Crippen LogP contribution in [0.25, 0.3) is 0 Å². The lowest BCUT2D eigenvalue weighted by atomic mass is 9.73. The first kappa shape index (κ1) is 9.49. The molecule has 2 unspecified atom stereocenters. The maximum absolute atomic E-state index is 11.6. The maximum atomic E-state index is 11.6. The third-order valence-electron chi connectivity index (χ3n) is 3.60. The maximum Gasteiger partial charge on any atom is 0.324 e. The van der Waals surface area contributed by atoms with Crippen LogP contribution in [0, 0.1) is 11.3 Å². The molecular weight excluding hydrogens is 184 g/mol. The third kappa shape index (κ3) is 0.885. The number of ether oxygens (including phenoxy) is 1. The predicted molar refractivity (Wildman–Crippen MR) is 47.6 cm³/mol. The lowest BCUT2D eigenvalue weighted by Gasteiger charge is -2.25. The van der Waals surface area contributed by atoms with Crippen LogP contribution in [0.3, 0.4) is 0 Å². The molecule has 0 aromatic rings. The number of carbonyl (C=O) groups is 2. The largest absolute Gasteiger partial charge is 0.480 e. The van der Waals surface area contributed by atoms with Crippen molar-refractivity contribution < 1.29 is 19.4 Å². The highest BCUT2D eigenvalue weighted by molar-refractivity contribution is 6.01. The fourth-order valence-corrected chi connectivity index (χ4v) is 2.94. The molecule has 0 aromatic heterocycles. The Bertz CT molecular complexity index is 307. The molecule has 0 spiro atoms. The van der Waals surface area contributed by atoms with Crippen molar-refractivity contribution in [2.75, 3.05) is 0 Å². The highest BCUT2D eigenvalue weighted by Crippen LogP contribution is 2.55. The topological polar surface area (TPSA) is 63.6 Å². The number of aliphatic carboxylic acids is 1. The average molecular weight is 198 g/mol. The summed E-state index contributed by atoms with van der Waals surface area (Å²) in [5.74, 6) is -1.73. The number of carboxylic acids is 1. The van der Waals surface area contributed by atoms with Gasteiger partial charge in [0.2, 0.25) is 0 Å². The molecule has 0 aromatic carbocycles. The zero-order chi connectivity index (χ0) is 10.6. The number of fused-ring (bicyclic) bond motifs is 1. The Morgan fingerprint density at radius 3 is 2.71 bits per heavy atom. The third-order valence-corrected chi connectivity index (χ3v) is 3.60. The van der Waals surface area contributed by atoms with Crippen LogP contribution in [0.15, 0.2) is 0 Å². The molecular formula is C10H14O4. The van der Waals surface area contributed by atoms with Gasteiger partial charge in [0.25, 0.3) is 0 Å². The van der Waals surface area contributed by atoms with Crippen LogP contribution in [0.1, 0.15) is 33.1 Å². The molecule has 1 aliphatic heterocycles. The summed E-state index contributed by atoms with van der Waals surface area (Å²) in [7, 11) is 0. The van der Waals surface area contributed by atoms with Gasteiger partial charge in [0.05, 0.1) is 0 Å². The molecule has 4 nitrogen and oxygen atoms in total. The van der Waals surface area contributed by atoms with E-state index in [9.17, 15) is 14.7 Å². The van der Waals surface area contributed by atoms with Crippen LogP contribution >= 0.6 is 0 Å². The molecule has 2 atom stereocenters. The monoisotopic (exact) mass is 198 g/mol. The van der Waals surface area contributed by atoms with Crippen LogP contribution in [0.4, 0.5) is 0 Å². The van der Waals surface area contributed by atoms with E-state index in [1.807, 2.05) is 0 Å². The van der Waals surface area contributed by atoms with E-state index in [1.54, 1.807) is 13.8 Å². The van der Waals surface area contributed by atoms with Gasteiger partial charge < -0.3 is 9.84 Å². The minimum absolute atomic E-state index is 0.167. The molecule has 78 valence electrons. The van der Waals surface area contributed by atoms with Crippen LogP contribution in [-0.2, 0) is 14.3 Å². The first-order valence-corrected chi connectivity index (χ1v) is 4.88. The van der Waals surface area contributed by atoms with Crippen molar-refractivity contribution in [1.29, 1.82) is 0 Å². The van der Waals surface area contributed by atoms with E-state index in [4.69, 9.17) is 4.74 Å². The van der Waals surface area contributed by atoms with Gasteiger partial charge >= 0.3 is 11.9 Å². The number of hydrogen-bond acceptors (Lipinski definition) is 3. The average Bonchev–Trinajstić information content (AvgIpc) is 2.53. The fraction of sp³-hybridized carbons (Fsp3) is 0.800. The number of rotatable bonds is 1. The highest BCUT2D eigenvalue weighted by Gasteiger charge is 2.67. The summed E-state index contributed by atoms with van der Waals surface area (Å²) in [5.41, 5.74) is -1.87. The zero-order valence-corrected chi connectivity index (χ0v) is 8.37. The van der Waals surface area contributed by atoms with Gasteiger partial charge in [-0.05, 0) is 26.7 Å². The number of cyclic esters (lactones) is 1. The summed E-state index contributed by atoms with van der Waals surface area (Å²) in [5, 5.41) is 9.18. The van der Waals surface area contributed by atoms with Gasteiger partial charge in [-0.1, -0.05) is 6.42 Å². The van der Waals surface area contributed by atoms with Crippen LogP contribution in [-0.4, -0.2) is 22.6 Å². The molecule has 4 heteroatoms. The molecule has 0 amide bonds. The smallest absolute Gasteiger partial charge is 0.324 e. The van der Waals surface area contributed by atoms with E-state index < -0.39 is 23.0 Å². The van der Waals surface area contributed by atoms with E-state index in [-0.39, 0.29) is 5.92 Å². The highest BCUT2D eigenvalue weighted by atomic mass is 16.6. The van der Waals surface area contributed by atoms with Gasteiger partial charge in [-0.15, -0.1) is 0 Å². The van der Waals surface area contributed by atoms with Crippen molar-refractivity contribution in [3.63, 3.8) is 0 Å². The molecule has 1 saturated heterocycles. The minimum atomic E-state index is -1.25. The molecule has 1 N–H and O–H groups in total. The molecule has 2 fully saturated rings. The predicted octanol–water partition coefficient (Wildman–Crippen LogP) is 1.19. The normalized spacial score (nSPS) is 39.3. The van der Waals surface area contributed by atoms with Gasteiger partial charge in [0.15, 0.2) is 5.41 Å². The zero-order valence-electron chi connectivity index (χ0n) is 8.37. The van der Waals surface area contributed by atoms with Crippen LogP contribution in [0.2, 0.25) is 0 Å². The Morgan fingerprint density at radius 1 is 1.57 bits per heavy atom. The Kier molecular flexibility index (Phi) is 1.69. The molecule has 2 rings (SSSR count). The van der Waals surface area contributed by atoms with E-state index in [0.29, 0.717) is 6.42 Å². The Balaban J connectivity index is 2.48. The van der Waals surface area contributed by atoms with Gasteiger partial charge in [-0.3, -0.25) is 9.59 Å². The molecule has 14 heavy (non-hydrogen) atoms. The van der Waals surface area contributed by atoms with E-state index >= 15 is 0 Å². The molecule has 0 bridgehead atoms. The molecule has 1 saturated carbocycles. The summed E-state index contributed by atoms with van der Waals surface area (Å²) in [6.07, 6.45) is 2.00. The number of carbonyl (C=O) groups excluding carboxylic acids is 1. The summed E-state index contributed by atoms with van der Waals surface area (Å²) in [6.45, 7) is 3.59. The number of esters is 1. The standard InChI is InChI=1S/C10H14O4/c1-9(2)6-4-3-5-10(6,7(11)12)8(13)14-9/h6H,3-5H2,1-2H3,(H,11,12). The lowest BCUT2D eigenvalue weighted by Crippen LogP contribution is -2.40. The second-order valence-electron chi connectivity index (χ2n) is 4.71. The molecule has 2 aliphatic rings. The van der Waals surface area contributed by atoms with Crippen molar-refractivity contribution >= 4 is 11.9 Å². The molecule has 0 radical (unpaired) electrons. The van der Waals surface area contributed by atoms with E-state index in [2.05, 4.69) is 0 Å². The first-order chi connectivity index (χ1) is 6.41. The second-order valence-corrected chi connectivity index (χ2v) is 4.71. The second kappa shape index (κ2) is 2.49. The lowest BCUT2D eigenvalue weighted by molar-refractivity contribution is -0.162. The molecule has 1 aliphatic carbocycles. The SMILES string of the molecule is CC1(C)OC(=O)C2(C(=O)O)CCCC12. The quantitative estimate of drug-likeness (QED) is 0.507. The number of hydrogen-bond donors (Lipinski definition) is 1. The summed E-state index contributed by atoms with van der Waals surface area (Å²) >= 11 is 0. The van der Waals surface area contributed by atoms with Crippen molar-refractivity contribution in [1.82, 2.24) is 0 Å². The van der Waals surface area contributed by atoms with Gasteiger partial charge in [0.1, 0.15) is 5.60 Å². The minimum Gasteiger partial charge on any atom is -0.480 e. The van der Waals surface area contributed by atoms with Crippen molar-refractivity contribution in [2.24, 2.45) is 11.3 Å². The summed E-state index contributed by atoms with van der Waals surface area (Å²) in [6, 6.07) is 0. The van der Waals surface area contributed by atoms with Crippen molar-refractivity contribution in [2.45, 2.75) is 38.7 Å². The van der Waals surface area contributed by atoms with E-state index in [0.717, 1.165) is 12.8 Å². The van der Waals surface area contributed by atoms with Gasteiger partial charge in [-0.25, -0.2) is 0 Å². The van der Waals surface area contributed by atoms with Gasteiger partial charge in [0, 0.05) is 5.92 Å². The number of carboxylic acid groups (broad SMARTS) is 1. The van der Waals surface area contributed by atoms with Crippen LogP contribution < -0.4 is 0 Å². The summed E-state index contributed by atoms with van der Waals surface area (Å²) in [4.78, 5) is 22.8. The Morgan fingerprint density at radius 2 is 2.21 bits per heavy atom. The molecule has 1 heterocycles. The summed E-state index contributed by atoms with van der Waals surface area (Å²) < 4.78 is 5.16. The first-order valence-electron chi connectivity index (χ1n) is 4.88. The van der Waals surface area contributed by atoms with Crippen molar-refractivity contribution in [3.05, 3.63) is 0 Å². The van der Waals surface area contributed by atoms with Crippen LogP contribution in [0.5, 0.6) is 0 Å². The fourth-order valence-electron chi connectivity index (χ4n) is 2.94. The van der Waals surface area contributed by atoms with Gasteiger partial charge in [-0.2, -0.15) is 0 Å². The van der Waals surface area contributed by atoms with E-state index in [1.165, 1.54) is 0 Å². The van der Waals surface area contributed by atoms with Crippen molar-refractivity contribution in [3.8, 4) is 0 Å².